The van der Waals surface area contributed by atoms with E-state index in [1.807, 2.05) is 54.6 Å². The second kappa shape index (κ2) is 8.86. The lowest BCUT2D eigenvalue weighted by Crippen LogP contribution is -2.02. The van der Waals surface area contributed by atoms with Gasteiger partial charge >= 0.3 is 11.9 Å². The van der Waals surface area contributed by atoms with Crippen LogP contribution < -0.4 is 4.74 Å². The molecule has 3 rings (SSSR count). The monoisotopic (exact) mass is 376 g/mol. The molecule has 0 amide bonds. The number of hydrogen-bond acceptors (Lipinski definition) is 4. The normalized spacial score (nSPS) is 10.9. The van der Waals surface area contributed by atoms with Crippen LogP contribution >= 0.6 is 0 Å². The van der Waals surface area contributed by atoms with E-state index in [1.54, 1.807) is 19.1 Å². The summed E-state index contributed by atoms with van der Waals surface area (Å²) in [5.74, 6) is -0.0811. The van der Waals surface area contributed by atoms with Gasteiger partial charge in [-0.1, -0.05) is 36.4 Å². The fourth-order valence-electron chi connectivity index (χ4n) is 2.92. The molecule has 0 heterocycles. The number of rotatable bonds is 7. The second-order valence-corrected chi connectivity index (χ2v) is 6.10. The third-order valence-electron chi connectivity index (χ3n) is 4.08. The van der Waals surface area contributed by atoms with Crippen molar-refractivity contribution < 1.29 is 24.2 Å². The van der Waals surface area contributed by atoms with Crippen molar-refractivity contribution in [3.8, 4) is 11.5 Å². The number of esters is 1. The smallest absolute Gasteiger partial charge is 0.330 e. The molecule has 0 aromatic heterocycles. The van der Waals surface area contributed by atoms with Gasteiger partial charge < -0.3 is 14.6 Å². The second-order valence-electron chi connectivity index (χ2n) is 6.10. The summed E-state index contributed by atoms with van der Waals surface area (Å²) in [6.45, 7) is 2.03. The quantitative estimate of drug-likeness (QED) is 0.472. The Bertz CT molecular complexity index is 1020. The molecule has 0 fully saturated rings. The summed E-state index contributed by atoms with van der Waals surface area (Å²) in [5, 5.41) is 10.9. The number of carbonyl (C=O) groups excluding carboxylic acids is 1. The van der Waals surface area contributed by atoms with Crippen LogP contribution in [-0.2, 0) is 20.7 Å². The Morgan fingerprint density at radius 3 is 2.50 bits per heavy atom. The zero-order chi connectivity index (χ0) is 19.9. The zero-order valence-electron chi connectivity index (χ0n) is 15.4. The molecule has 1 N–H and O–H groups in total. The molecular weight excluding hydrogens is 356 g/mol. The van der Waals surface area contributed by atoms with Gasteiger partial charge in [0.1, 0.15) is 11.5 Å². The number of benzene rings is 3. The van der Waals surface area contributed by atoms with Gasteiger partial charge in [-0.15, -0.1) is 0 Å². The number of carbonyl (C=O) groups is 2. The first kappa shape index (κ1) is 19.2. The van der Waals surface area contributed by atoms with E-state index < -0.39 is 11.9 Å². The third-order valence-corrected chi connectivity index (χ3v) is 4.08. The fraction of sp³-hybridized carbons (Fsp3) is 0.130. The van der Waals surface area contributed by atoms with Crippen LogP contribution in [-0.4, -0.2) is 23.7 Å². The average Bonchev–Trinajstić information content (AvgIpc) is 2.67. The lowest BCUT2D eigenvalue weighted by atomic mass is 9.98. The predicted molar refractivity (Wildman–Crippen MR) is 107 cm³/mol. The first-order chi connectivity index (χ1) is 13.6. The maximum Gasteiger partial charge on any atom is 0.330 e. The van der Waals surface area contributed by atoms with Crippen molar-refractivity contribution in [3.63, 3.8) is 0 Å². The van der Waals surface area contributed by atoms with E-state index in [1.165, 1.54) is 6.08 Å². The Labute approximate surface area is 162 Å². The number of carboxylic acids is 1. The molecular formula is C23H20O5. The van der Waals surface area contributed by atoms with Gasteiger partial charge in [-0.05, 0) is 53.8 Å². The number of ether oxygens (including phenoxy) is 2. The van der Waals surface area contributed by atoms with Gasteiger partial charge in [0, 0.05) is 11.5 Å². The van der Waals surface area contributed by atoms with Gasteiger partial charge in [-0.2, -0.15) is 0 Å². The highest BCUT2D eigenvalue weighted by Crippen LogP contribution is 2.33. The number of aliphatic carboxylic acids is 1. The summed E-state index contributed by atoms with van der Waals surface area (Å²) in [6, 6.07) is 18.5. The summed E-state index contributed by atoms with van der Waals surface area (Å²) < 4.78 is 10.9. The van der Waals surface area contributed by atoms with Crippen molar-refractivity contribution in [1.82, 2.24) is 0 Å². The molecule has 3 aromatic carbocycles. The Hall–Kier alpha value is -3.60. The van der Waals surface area contributed by atoms with Crippen molar-refractivity contribution in [2.75, 3.05) is 6.61 Å². The SMILES string of the molecule is CCOC(=O)/C=C/c1cc(CC(=O)O)c2cccc(Oc3ccccc3)c2c1. The van der Waals surface area contributed by atoms with E-state index in [9.17, 15) is 14.7 Å². The molecule has 0 saturated carbocycles. The lowest BCUT2D eigenvalue weighted by molar-refractivity contribution is -0.137. The molecule has 3 aromatic rings. The Balaban J connectivity index is 2.08. The van der Waals surface area contributed by atoms with E-state index in [-0.39, 0.29) is 6.42 Å². The summed E-state index contributed by atoms with van der Waals surface area (Å²) in [6.07, 6.45) is 2.81. The molecule has 0 unspecified atom stereocenters. The molecule has 28 heavy (non-hydrogen) atoms. The predicted octanol–water partition coefficient (Wildman–Crippen LogP) is 4.84. The molecule has 0 atom stereocenters. The molecule has 0 aliphatic rings. The molecule has 0 aliphatic heterocycles. The van der Waals surface area contributed by atoms with E-state index in [0.717, 1.165) is 10.8 Å². The van der Waals surface area contributed by atoms with E-state index in [0.29, 0.717) is 29.2 Å². The average molecular weight is 376 g/mol. The number of carboxylic acid groups (broad SMARTS) is 1. The maximum atomic E-state index is 11.6. The van der Waals surface area contributed by atoms with Gasteiger partial charge in [0.15, 0.2) is 0 Å². The lowest BCUT2D eigenvalue weighted by Gasteiger charge is -2.12. The number of fused-ring (bicyclic) bond motifs is 1. The van der Waals surface area contributed by atoms with Gasteiger partial charge in [0.05, 0.1) is 13.0 Å². The molecule has 5 nitrogen and oxygen atoms in total. The van der Waals surface area contributed by atoms with Gasteiger partial charge in [-0.25, -0.2) is 4.79 Å². The van der Waals surface area contributed by atoms with Crippen LogP contribution in [0.2, 0.25) is 0 Å². The van der Waals surface area contributed by atoms with E-state index in [4.69, 9.17) is 9.47 Å². The zero-order valence-corrected chi connectivity index (χ0v) is 15.4. The third kappa shape index (κ3) is 4.76. The Morgan fingerprint density at radius 2 is 1.79 bits per heavy atom. The fourth-order valence-corrected chi connectivity index (χ4v) is 2.92. The van der Waals surface area contributed by atoms with Gasteiger partial charge in [-0.3, -0.25) is 4.79 Å². The molecule has 0 radical (unpaired) electrons. The topological polar surface area (TPSA) is 72.8 Å². The Morgan fingerprint density at radius 1 is 1.00 bits per heavy atom. The van der Waals surface area contributed by atoms with E-state index >= 15 is 0 Å². The van der Waals surface area contributed by atoms with Crippen molar-refractivity contribution in [3.05, 3.63) is 77.9 Å². The largest absolute Gasteiger partial charge is 0.481 e. The summed E-state index contributed by atoms with van der Waals surface area (Å²) in [7, 11) is 0. The maximum absolute atomic E-state index is 11.6. The number of hydrogen-bond donors (Lipinski definition) is 1. The molecule has 0 saturated heterocycles. The minimum Gasteiger partial charge on any atom is -0.481 e. The van der Waals surface area contributed by atoms with Gasteiger partial charge in [0.2, 0.25) is 0 Å². The highest BCUT2D eigenvalue weighted by Gasteiger charge is 2.11. The summed E-state index contributed by atoms with van der Waals surface area (Å²) >= 11 is 0. The van der Waals surface area contributed by atoms with Crippen LogP contribution in [0.3, 0.4) is 0 Å². The van der Waals surface area contributed by atoms with Crippen LogP contribution in [0.5, 0.6) is 11.5 Å². The van der Waals surface area contributed by atoms with Crippen LogP contribution in [0, 0.1) is 0 Å². The molecule has 142 valence electrons. The molecule has 0 spiro atoms. The minimum absolute atomic E-state index is 0.133. The van der Waals surface area contributed by atoms with Crippen LogP contribution in [0.15, 0.2) is 66.7 Å². The highest BCUT2D eigenvalue weighted by molar-refractivity contribution is 5.96. The van der Waals surface area contributed by atoms with Gasteiger partial charge in [0.25, 0.3) is 0 Å². The Kier molecular flexibility index (Phi) is 6.07. The van der Waals surface area contributed by atoms with Crippen molar-refractivity contribution in [1.29, 1.82) is 0 Å². The highest BCUT2D eigenvalue weighted by atomic mass is 16.5. The molecule has 0 aliphatic carbocycles. The number of para-hydroxylation sites is 1. The van der Waals surface area contributed by atoms with Crippen molar-refractivity contribution in [2.24, 2.45) is 0 Å². The van der Waals surface area contributed by atoms with Crippen molar-refractivity contribution in [2.45, 2.75) is 13.3 Å². The molecule has 0 bridgehead atoms. The summed E-state index contributed by atoms with van der Waals surface area (Å²) in [4.78, 5) is 23.0. The first-order valence-corrected chi connectivity index (χ1v) is 8.92. The standard InChI is InChI=1S/C23H20O5/c1-2-27-23(26)12-11-16-13-17(15-22(24)25)19-9-6-10-21(20(19)14-16)28-18-7-4-3-5-8-18/h3-14H,2,15H2,1H3,(H,24,25)/b12-11+. The first-order valence-electron chi connectivity index (χ1n) is 8.92. The molecule has 5 heteroatoms. The van der Waals surface area contributed by atoms with Crippen molar-refractivity contribution >= 4 is 28.8 Å². The van der Waals surface area contributed by atoms with Crippen LogP contribution in [0.1, 0.15) is 18.1 Å². The summed E-state index contributed by atoms with van der Waals surface area (Å²) in [5.41, 5.74) is 1.34. The van der Waals surface area contributed by atoms with Crippen LogP contribution in [0.4, 0.5) is 0 Å². The van der Waals surface area contributed by atoms with Crippen LogP contribution in [0.25, 0.3) is 16.8 Å². The minimum atomic E-state index is -0.929. The van der Waals surface area contributed by atoms with E-state index in [2.05, 4.69) is 0 Å².